The number of nitrogens with one attached hydrogen (secondary N) is 2. The molecule has 0 amide bonds. The van der Waals surface area contributed by atoms with Crippen molar-refractivity contribution in [1.82, 2.24) is 9.97 Å². The molecule has 50 valence electrons. The van der Waals surface area contributed by atoms with Crippen LogP contribution in [0.4, 0.5) is 0 Å². The molecule has 3 N–H and O–H groups in total. The van der Waals surface area contributed by atoms with Gasteiger partial charge in [-0.2, -0.15) is 0 Å². The number of aromatic nitrogens is 2. The van der Waals surface area contributed by atoms with Gasteiger partial charge in [0.05, 0.1) is 0 Å². The molecule has 1 heterocycles. The summed E-state index contributed by atoms with van der Waals surface area (Å²) in [5, 5.41) is 8.46. The normalized spacial score (nSPS) is 9.89. The maximum absolute atomic E-state index is 8.46. The summed E-state index contributed by atoms with van der Waals surface area (Å²) in [6, 6.07) is 0. The first-order chi connectivity index (χ1) is 4.33. The van der Waals surface area contributed by atoms with Crippen molar-refractivity contribution in [2.45, 2.75) is 6.42 Å². The Kier molecular flexibility index (Phi) is 2.02. The largest absolute Gasteiger partial charge is 0.396 e. The van der Waals surface area contributed by atoms with Gasteiger partial charge in [0.25, 0.3) is 0 Å². The molecule has 0 bridgehead atoms. The minimum atomic E-state index is 0.156. The molecule has 0 saturated carbocycles. The molecule has 3 nitrogen and oxygen atoms in total. The smallest absolute Gasteiger partial charge is 0.174 e. The van der Waals surface area contributed by atoms with Gasteiger partial charge in [0, 0.05) is 24.9 Å². The van der Waals surface area contributed by atoms with Crippen molar-refractivity contribution in [2.24, 2.45) is 0 Å². The molecule has 0 aliphatic rings. The SMILES string of the molecule is OCCc1c[nH]c(=S)[nH]1. The summed E-state index contributed by atoms with van der Waals surface area (Å²) in [7, 11) is 0. The maximum Gasteiger partial charge on any atom is 0.174 e. The van der Waals surface area contributed by atoms with Crippen LogP contribution in [0.1, 0.15) is 5.69 Å². The van der Waals surface area contributed by atoms with Gasteiger partial charge in [-0.15, -0.1) is 0 Å². The van der Waals surface area contributed by atoms with Crippen molar-refractivity contribution in [3.05, 3.63) is 16.7 Å². The first-order valence-electron chi connectivity index (χ1n) is 2.70. The lowest BCUT2D eigenvalue weighted by atomic mass is 10.4. The molecule has 0 aliphatic heterocycles. The number of aliphatic hydroxyl groups excluding tert-OH is 1. The number of aromatic amines is 2. The first-order valence-corrected chi connectivity index (χ1v) is 3.11. The molecule has 0 aliphatic carbocycles. The second-order valence-corrected chi connectivity index (χ2v) is 2.15. The fourth-order valence-corrected chi connectivity index (χ4v) is 0.816. The van der Waals surface area contributed by atoms with E-state index in [-0.39, 0.29) is 6.61 Å². The third-order valence-electron chi connectivity index (χ3n) is 1.03. The van der Waals surface area contributed by atoms with Gasteiger partial charge in [-0.1, -0.05) is 0 Å². The van der Waals surface area contributed by atoms with E-state index < -0.39 is 0 Å². The number of hydrogen-bond acceptors (Lipinski definition) is 2. The summed E-state index contributed by atoms with van der Waals surface area (Å²) in [5.41, 5.74) is 0.947. The van der Waals surface area contributed by atoms with Crippen LogP contribution in [0, 0.1) is 4.77 Å². The maximum atomic E-state index is 8.46. The zero-order valence-corrected chi connectivity index (χ0v) is 5.66. The zero-order valence-electron chi connectivity index (χ0n) is 4.85. The van der Waals surface area contributed by atoms with E-state index in [1.165, 1.54) is 0 Å². The van der Waals surface area contributed by atoms with E-state index in [1.807, 2.05) is 0 Å². The van der Waals surface area contributed by atoms with E-state index in [0.717, 1.165) is 5.69 Å². The first kappa shape index (κ1) is 6.51. The average Bonchev–Trinajstić information content (AvgIpc) is 2.17. The monoisotopic (exact) mass is 144 g/mol. The van der Waals surface area contributed by atoms with Gasteiger partial charge in [-0.3, -0.25) is 0 Å². The van der Waals surface area contributed by atoms with Crippen LogP contribution in [-0.2, 0) is 6.42 Å². The molecule has 1 rings (SSSR count). The second-order valence-electron chi connectivity index (χ2n) is 1.74. The van der Waals surface area contributed by atoms with Crippen molar-refractivity contribution in [2.75, 3.05) is 6.61 Å². The van der Waals surface area contributed by atoms with Crippen LogP contribution in [0.5, 0.6) is 0 Å². The molecule has 0 aromatic carbocycles. The number of imidazole rings is 1. The summed E-state index contributed by atoms with van der Waals surface area (Å²) < 4.78 is 0.610. The Labute approximate surface area is 57.7 Å². The van der Waals surface area contributed by atoms with Crippen LogP contribution >= 0.6 is 12.2 Å². The molecule has 0 unspecified atom stereocenters. The van der Waals surface area contributed by atoms with Crippen LogP contribution in [0.2, 0.25) is 0 Å². The fourth-order valence-electron chi connectivity index (χ4n) is 0.626. The van der Waals surface area contributed by atoms with Gasteiger partial charge in [0.2, 0.25) is 0 Å². The Morgan fingerprint density at radius 2 is 2.44 bits per heavy atom. The summed E-state index contributed by atoms with van der Waals surface area (Å²) in [4.78, 5) is 5.68. The quantitative estimate of drug-likeness (QED) is 0.532. The van der Waals surface area contributed by atoms with Crippen molar-refractivity contribution >= 4 is 12.2 Å². The van der Waals surface area contributed by atoms with Crippen LogP contribution < -0.4 is 0 Å². The lowest BCUT2D eigenvalue weighted by Gasteiger charge is -1.86. The van der Waals surface area contributed by atoms with Crippen molar-refractivity contribution in [1.29, 1.82) is 0 Å². The zero-order chi connectivity index (χ0) is 6.69. The van der Waals surface area contributed by atoms with Gasteiger partial charge in [-0.05, 0) is 12.2 Å². The highest BCUT2D eigenvalue weighted by atomic mass is 32.1. The molecule has 1 aromatic heterocycles. The third-order valence-corrected chi connectivity index (χ3v) is 1.25. The molecular formula is C5H8N2OS. The second kappa shape index (κ2) is 2.80. The lowest BCUT2D eigenvalue weighted by Crippen LogP contribution is -1.88. The molecular weight excluding hydrogens is 136 g/mol. The molecule has 0 saturated heterocycles. The minimum Gasteiger partial charge on any atom is -0.396 e. The van der Waals surface area contributed by atoms with Crippen molar-refractivity contribution < 1.29 is 5.11 Å². The van der Waals surface area contributed by atoms with E-state index in [9.17, 15) is 0 Å². The topological polar surface area (TPSA) is 51.8 Å². The van der Waals surface area contributed by atoms with Gasteiger partial charge >= 0.3 is 0 Å². The summed E-state index contributed by atoms with van der Waals surface area (Å²) >= 11 is 4.75. The van der Waals surface area contributed by atoms with E-state index in [0.29, 0.717) is 11.2 Å². The Morgan fingerprint density at radius 1 is 1.67 bits per heavy atom. The van der Waals surface area contributed by atoms with E-state index in [4.69, 9.17) is 17.3 Å². The summed E-state index contributed by atoms with van der Waals surface area (Å²) in [6.45, 7) is 0.156. The van der Waals surface area contributed by atoms with Gasteiger partial charge < -0.3 is 15.1 Å². The van der Waals surface area contributed by atoms with Gasteiger partial charge in [0.15, 0.2) is 4.77 Å². The van der Waals surface area contributed by atoms with E-state index in [2.05, 4.69) is 9.97 Å². The van der Waals surface area contributed by atoms with Crippen LogP contribution in [0.3, 0.4) is 0 Å². The van der Waals surface area contributed by atoms with Crippen LogP contribution in [0.25, 0.3) is 0 Å². The number of aliphatic hydroxyl groups is 1. The third kappa shape index (κ3) is 1.65. The molecule has 0 radical (unpaired) electrons. The Hall–Kier alpha value is -0.610. The molecule has 0 atom stereocenters. The Bertz CT molecular complexity index is 227. The molecule has 9 heavy (non-hydrogen) atoms. The highest BCUT2D eigenvalue weighted by molar-refractivity contribution is 7.71. The van der Waals surface area contributed by atoms with Crippen molar-refractivity contribution in [3.63, 3.8) is 0 Å². The van der Waals surface area contributed by atoms with Crippen molar-refractivity contribution in [3.8, 4) is 0 Å². The Morgan fingerprint density at radius 3 is 2.89 bits per heavy atom. The van der Waals surface area contributed by atoms with Crippen LogP contribution in [0.15, 0.2) is 6.20 Å². The highest BCUT2D eigenvalue weighted by Gasteiger charge is 1.89. The number of hydrogen-bond donors (Lipinski definition) is 3. The lowest BCUT2D eigenvalue weighted by molar-refractivity contribution is 0.298. The number of rotatable bonds is 2. The van der Waals surface area contributed by atoms with Crippen LogP contribution in [-0.4, -0.2) is 21.7 Å². The van der Waals surface area contributed by atoms with Gasteiger partial charge in [-0.25, -0.2) is 0 Å². The number of H-pyrrole nitrogens is 2. The molecule has 1 aromatic rings. The van der Waals surface area contributed by atoms with E-state index >= 15 is 0 Å². The average molecular weight is 144 g/mol. The predicted octanol–water partition coefficient (Wildman–Crippen LogP) is 0.607. The minimum absolute atomic E-state index is 0.156. The highest BCUT2D eigenvalue weighted by Crippen LogP contribution is 1.91. The summed E-state index contributed by atoms with van der Waals surface area (Å²) in [5.74, 6) is 0. The summed E-state index contributed by atoms with van der Waals surface area (Å²) in [6.07, 6.45) is 2.39. The molecule has 0 spiro atoms. The van der Waals surface area contributed by atoms with E-state index in [1.54, 1.807) is 6.20 Å². The molecule has 4 heteroatoms. The molecule has 0 fully saturated rings. The fraction of sp³-hybridized carbons (Fsp3) is 0.400. The Balaban J connectivity index is 2.73. The van der Waals surface area contributed by atoms with Gasteiger partial charge in [0.1, 0.15) is 0 Å². The predicted molar refractivity (Wildman–Crippen MR) is 36.8 cm³/mol. The standard InChI is InChI=1S/C5H8N2OS/c8-2-1-4-3-6-5(9)7-4/h3,8H,1-2H2,(H2,6,7,9).